The zero-order valence-electron chi connectivity index (χ0n) is 18.4. The molecule has 1 aromatic carbocycles. The lowest BCUT2D eigenvalue weighted by Gasteiger charge is -2.40. The van der Waals surface area contributed by atoms with Gasteiger partial charge in [0.15, 0.2) is 5.82 Å². The number of sulfone groups is 1. The van der Waals surface area contributed by atoms with Gasteiger partial charge in [-0.15, -0.1) is 12.4 Å². The normalized spacial score (nSPS) is 15.8. The van der Waals surface area contributed by atoms with Crippen LogP contribution in [-0.2, 0) is 9.84 Å². The van der Waals surface area contributed by atoms with Gasteiger partial charge in [-0.1, -0.05) is 6.92 Å². The van der Waals surface area contributed by atoms with Crippen molar-refractivity contribution in [2.24, 2.45) is 0 Å². The van der Waals surface area contributed by atoms with Crippen LogP contribution in [0.2, 0.25) is 0 Å². The molecule has 4 rings (SSSR count). The quantitative estimate of drug-likeness (QED) is 0.514. The van der Waals surface area contributed by atoms with Gasteiger partial charge in [-0.05, 0) is 30.7 Å². The number of aromatic nitrogens is 4. The fourth-order valence-electron chi connectivity index (χ4n) is 4.06. The predicted octanol–water partition coefficient (Wildman–Crippen LogP) is 3.12. The van der Waals surface area contributed by atoms with Crippen LogP contribution in [0.3, 0.4) is 0 Å². The summed E-state index contributed by atoms with van der Waals surface area (Å²) in [7, 11) is -3.05. The molecule has 1 fully saturated rings. The zero-order valence-corrected chi connectivity index (χ0v) is 20.0. The number of nitrogens with zero attached hydrogens (tertiary/aromatic N) is 5. The molecule has 8 nitrogen and oxygen atoms in total. The second-order valence-electron chi connectivity index (χ2n) is 7.83. The molecule has 0 saturated carbocycles. The van der Waals surface area contributed by atoms with E-state index in [-0.39, 0.29) is 35.8 Å². The highest BCUT2D eigenvalue weighted by Gasteiger charge is 2.28. The third-order valence-corrected chi connectivity index (χ3v) is 7.63. The molecule has 0 bridgehead atoms. The first-order chi connectivity index (χ1) is 15.5. The van der Waals surface area contributed by atoms with Gasteiger partial charge in [-0.2, -0.15) is 5.10 Å². The first-order valence-corrected chi connectivity index (χ1v) is 12.5. The van der Waals surface area contributed by atoms with Crippen molar-refractivity contribution in [1.82, 2.24) is 25.1 Å². The molecule has 1 atom stereocenters. The molecular formula is C22H28ClFN6O2S. The Kier molecular flexibility index (Phi) is 8.39. The van der Waals surface area contributed by atoms with E-state index in [0.717, 1.165) is 48.8 Å². The molecule has 1 unspecified atom stereocenters. The number of hydrogen-bond donors (Lipinski definition) is 1. The SMILES string of the molecule is CCS(=O)(=O)CCC(c1cn[nH]c1)N1CCN(c2nccnc2-c2ccc(F)cc2)CC1.Cl. The van der Waals surface area contributed by atoms with Crippen molar-refractivity contribution >= 4 is 28.1 Å². The van der Waals surface area contributed by atoms with Crippen molar-refractivity contribution in [3.05, 3.63) is 60.4 Å². The van der Waals surface area contributed by atoms with Crippen LogP contribution in [0.1, 0.15) is 24.9 Å². The molecule has 1 aliphatic heterocycles. The number of anilines is 1. The lowest BCUT2D eigenvalue weighted by molar-refractivity contribution is 0.181. The van der Waals surface area contributed by atoms with Gasteiger partial charge >= 0.3 is 0 Å². The predicted molar refractivity (Wildman–Crippen MR) is 129 cm³/mol. The van der Waals surface area contributed by atoms with Crippen molar-refractivity contribution in [3.8, 4) is 11.3 Å². The fraction of sp³-hybridized carbons (Fsp3) is 0.409. The van der Waals surface area contributed by atoms with Crippen LogP contribution in [0.4, 0.5) is 10.2 Å². The van der Waals surface area contributed by atoms with Crippen molar-refractivity contribution in [2.75, 3.05) is 42.6 Å². The summed E-state index contributed by atoms with van der Waals surface area (Å²) >= 11 is 0. The third kappa shape index (κ3) is 6.07. The molecule has 1 saturated heterocycles. The van der Waals surface area contributed by atoms with Gasteiger partial charge in [-0.3, -0.25) is 15.0 Å². The molecule has 0 aliphatic carbocycles. The Morgan fingerprint density at radius 3 is 2.42 bits per heavy atom. The van der Waals surface area contributed by atoms with E-state index in [4.69, 9.17) is 0 Å². The van der Waals surface area contributed by atoms with Gasteiger partial charge in [-0.25, -0.2) is 17.8 Å². The van der Waals surface area contributed by atoms with E-state index in [1.54, 1.807) is 37.6 Å². The maximum absolute atomic E-state index is 13.4. The van der Waals surface area contributed by atoms with E-state index in [1.165, 1.54) is 12.1 Å². The summed E-state index contributed by atoms with van der Waals surface area (Å²) in [5.41, 5.74) is 2.54. The van der Waals surface area contributed by atoms with E-state index in [0.29, 0.717) is 6.42 Å². The molecule has 0 radical (unpaired) electrons. The number of rotatable bonds is 8. The van der Waals surface area contributed by atoms with Gasteiger partial charge < -0.3 is 4.90 Å². The summed E-state index contributed by atoms with van der Waals surface area (Å²) in [6.45, 7) is 4.63. The molecule has 1 N–H and O–H groups in total. The van der Waals surface area contributed by atoms with Crippen LogP contribution in [0, 0.1) is 5.82 Å². The Labute approximate surface area is 199 Å². The molecule has 3 heterocycles. The number of halogens is 2. The smallest absolute Gasteiger partial charge is 0.155 e. The third-order valence-electron chi connectivity index (χ3n) is 5.90. The van der Waals surface area contributed by atoms with Gasteiger partial charge in [0.25, 0.3) is 0 Å². The van der Waals surface area contributed by atoms with Crippen molar-refractivity contribution < 1.29 is 12.8 Å². The molecule has 11 heteroatoms. The minimum atomic E-state index is -3.05. The van der Waals surface area contributed by atoms with Crippen molar-refractivity contribution in [1.29, 1.82) is 0 Å². The standard InChI is InChI=1S/C22H27FN6O2S.ClH/c1-2-32(30,31)14-7-20(18-15-26-27-16-18)28-10-12-29(13-11-28)22-21(24-8-9-25-22)17-3-5-19(23)6-4-17;/h3-6,8-9,15-16,20H,2,7,10-14H2,1H3,(H,26,27);1H. The Morgan fingerprint density at radius 1 is 1.09 bits per heavy atom. The minimum absolute atomic E-state index is 0. The Hall–Kier alpha value is -2.56. The lowest BCUT2D eigenvalue weighted by atomic mass is 10.1. The highest BCUT2D eigenvalue weighted by Crippen LogP contribution is 2.30. The average molecular weight is 495 g/mol. The monoisotopic (exact) mass is 494 g/mol. The van der Waals surface area contributed by atoms with E-state index < -0.39 is 9.84 Å². The van der Waals surface area contributed by atoms with Gasteiger partial charge in [0.05, 0.1) is 11.9 Å². The van der Waals surface area contributed by atoms with Gasteiger partial charge in [0.2, 0.25) is 0 Å². The summed E-state index contributed by atoms with van der Waals surface area (Å²) in [5, 5.41) is 6.90. The van der Waals surface area contributed by atoms with Crippen LogP contribution in [-0.4, -0.2) is 71.2 Å². The highest BCUT2D eigenvalue weighted by molar-refractivity contribution is 7.91. The topological polar surface area (TPSA) is 95.1 Å². The lowest BCUT2D eigenvalue weighted by Crippen LogP contribution is -2.48. The molecule has 33 heavy (non-hydrogen) atoms. The minimum Gasteiger partial charge on any atom is -0.352 e. The number of H-pyrrole nitrogens is 1. The molecular weight excluding hydrogens is 467 g/mol. The summed E-state index contributed by atoms with van der Waals surface area (Å²) in [4.78, 5) is 13.5. The maximum atomic E-state index is 13.4. The molecule has 2 aromatic heterocycles. The first-order valence-electron chi connectivity index (χ1n) is 10.7. The Bertz CT molecular complexity index is 1120. The van der Waals surface area contributed by atoms with Crippen LogP contribution in [0.5, 0.6) is 0 Å². The van der Waals surface area contributed by atoms with E-state index >= 15 is 0 Å². The summed E-state index contributed by atoms with van der Waals surface area (Å²) in [5.74, 6) is 0.784. The van der Waals surface area contributed by atoms with Crippen LogP contribution in [0.15, 0.2) is 49.1 Å². The molecule has 0 spiro atoms. The molecule has 3 aromatic rings. The fourth-order valence-corrected chi connectivity index (χ4v) is 4.93. The summed E-state index contributed by atoms with van der Waals surface area (Å²) in [6.07, 6.45) is 7.44. The van der Waals surface area contributed by atoms with E-state index in [2.05, 4.69) is 30.0 Å². The van der Waals surface area contributed by atoms with Crippen molar-refractivity contribution in [2.45, 2.75) is 19.4 Å². The largest absolute Gasteiger partial charge is 0.352 e. The second kappa shape index (κ2) is 11.0. The Balaban J connectivity index is 0.00000306. The Morgan fingerprint density at radius 2 is 1.79 bits per heavy atom. The van der Waals surface area contributed by atoms with E-state index in [9.17, 15) is 12.8 Å². The van der Waals surface area contributed by atoms with Gasteiger partial charge in [0, 0.05) is 67.7 Å². The number of hydrogen-bond acceptors (Lipinski definition) is 7. The maximum Gasteiger partial charge on any atom is 0.155 e. The molecule has 0 amide bonds. The second-order valence-corrected chi connectivity index (χ2v) is 10.3. The van der Waals surface area contributed by atoms with Crippen LogP contribution < -0.4 is 4.90 Å². The number of benzene rings is 1. The van der Waals surface area contributed by atoms with E-state index in [1.807, 2.05) is 6.20 Å². The summed E-state index contributed by atoms with van der Waals surface area (Å²) in [6, 6.07) is 6.25. The number of nitrogens with one attached hydrogen (secondary N) is 1. The average Bonchev–Trinajstić information content (AvgIpc) is 3.35. The molecule has 1 aliphatic rings. The number of aromatic amines is 1. The molecule has 178 valence electrons. The number of piperazine rings is 1. The summed E-state index contributed by atoms with van der Waals surface area (Å²) < 4.78 is 37.6. The highest BCUT2D eigenvalue weighted by atomic mass is 35.5. The first kappa shape index (κ1) is 25.1. The zero-order chi connectivity index (χ0) is 22.6. The van der Waals surface area contributed by atoms with Crippen LogP contribution >= 0.6 is 12.4 Å². The van der Waals surface area contributed by atoms with Crippen molar-refractivity contribution in [3.63, 3.8) is 0 Å². The van der Waals surface area contributed by atoms with Crippen LogP contribution in [0.25, 0.3) is 11.3 Å². The van der Waals surface area contributed by atoms with Gasteiger partial charge in [0.1, 0.15) is 21.3 Å².